The summed E-state index contributed by atoms with van der Waals surface area (Å²) in [6.07, 6.45) is 0. The molecule has 1 aromatic rings. The van der Waals surface area contributed by atoms with Crippen LogP contribution >= 0.6 is 12.4 Å². The molecule has 0 aliphatic carbocycles. The van der Waals surface area contributed by atoms with Crippen LogP contribution in [-0.2, 0) is 0 Å². The van der Waals surface area contributed by atoms with E-state index in [2.05, 4.69) is 5.32 Å². The van der Waals surface area contributed by atoms with E-state index in [4.69, 9.17) is 4.74 Å². The maximum absolute atomic E-state index is 14.0. The van der Waals surface area contributed by atoms with Crippen molar-refractivity contribution in [3.05, 3.63) is 29.6 Å². The van der Waals surface area contributed by atoms with Gasteiger partial charge in [-0.05, 0) is 19.1 Å². The lowest BCUT2D eigenvalue weighted by Gasteiger charge is -2.32. The number of nitrogens with zero attached hydrogens (tertiary/aromatic N) is 1. The van der Waals surface area contributed by atoms with Crippen LogP contribution in [0.5, 0.6) is 5.75 Å². The van der Waals surface area contributed by atoms with Gasteiger partial charge in [0.1, 0.15) is 0 Å². The van der Waals surface area contributed by atoms with Crippen LogP contribution in [-0.4, -0.2) is 43.6 Å². The number of carbonyl (C=O) groups is 1. The summed E-state index contributed by atoms with van der Waals surface area (Å²) in [7, 11) is 1.39. The van der Waals surface area contributed by atoms with Crippen LogP contribution in [0.1, 0.15) is 17.3 Å². The van der Waals surface area contributed by atoms with Gasteiger partial charge in [-0.2, -0.15) is 0 Å². The first-order valence-electron chi connectivity index (χ1n) is 5.98. The summed E-state index contributed by atoms with van der Waals surface area (Å²) in [5.74, 6) is -0.764. The van der Waals surface area contributed by atoms with E-state index in [1.807, 2.05) is 6.92 Å². The molecule has 0 saturated carbocycles. The summed E-state index contributed by atoms with van der Waals surface area (Å²) >= 11 is 0. The van der Waals surface area contributed by atoms with Gasteiger partial charge >= 0.3 is 0 Å². The number of halogens is 2. The highest BCUT2D eigenvalue weighted by Crippen LogP contribution is 2.21. The van der Waals surface area contributed by atoms with Gasteiger partial charge in [0.2, 0.25) is 0 Å². The van der Waals surface area contributed by atoms with E-state index >= 15 is 0 Å². The summed E-state index contributed by atoms with van der Waals surface area (Å²) in [6.45, 7) is 3.93. The average Bonchev–Trinajstić information content (AvgIpc) is 2.38. The van der Waals surface area contributed by atoms with Crippen molar-refractivity contribution < 1.29 is 13.9 Å². The molecular weight excluding hydrogens is 271 g/mol. The number of carbonyl (C=O) groups excluding carboxylic acids is 1. The van der Waals surface area contributed by atoms with Crippen molar-refractivity contribution in [1.29, 1.82) is 0 Å². The minimum atomic E-state index is -0.587. The fraction of sp³-hybridized carbons (Fsp3) is 0.462. The maximum atomic E-state index is 14.0. The van der Waals surface area contributed by atoms with Crippen LogP contribution in [0.2, 0.25) is 0 Å². The Kier molecular flexibility index (Phi) is 5.57. The Hall–Kier alpha value is -1.33. The molecule has 4 nitrogen and oxygen atoms in total. The third-order valence-electron chi connectivity index (χ3n) is 3.07. The van der Waals surface area contributed by atoms with Crippen molar-refractivity contribution in [3.63, 3.8) is 0 Å². The van der Waals surface area contributed by atoms with Crippen molar-refractivity contribution in [3.8, 4) is 5.75 Å². The molecule has 1 heterocycles. The molecule has 1 N–H and O–H groups in total. The Morgan fingerprint density at radius 1 is 1.53 bits per heavy atom. The van der Waals surface area contributed by atoms with Crippen molar-refractivity contribution in [2.24, 2.45) is 0 Å². The average molecular weight is 289 g/mol. The zero-order chi connectivity index (χ0) is 13.1. The van der Waals surface area contributed by atoms with Gasteiger partial charge in [-0.25, -0.2) is 4.39 Å². The molecule has 1 aliphatic rings. The predicted octanol–water partition coefficient (Wildman–Crippen LogP) is 1.69. The molecule has 6 heteroatoms. The van der Waals surface area contributed by atoms with E-state index in [1.165, 1.54) is 19.2 Å². The Balaban J connectivity index is 0.00000180. The molecule has 1 amide bonds. The quantitative estimate of drug-likeness (QED) is 0.900. The van der Waals surface area contributed by atoms with Gasteiger partial charge in [-0.1, -0.05) is 6.07 Å². The van der Waals surface area contributed by atoms with Crippen LogP contribution in [0.3, 0.4) is 0 Å². The van der Waals surface area contributed by atoms with Crippen molar-refractivity contribution in [1.82, 2.24) is 10.2 Å². The number of benzene rings is 1. The summed E-state index contributed by atoms with van der Waals surface area (Å²) in [6, 6.07) is 4.86. The van der Waals surface area contributed by atoms with Gasteiger partial charge in [0.05, 0.1) is 12.7 Å². The number of hydrogen-bond donors (Lipinski definition) is 1. The predicted molar refractivity (Wildman–Crippen MR) is 73.6 cm³/mol. The second-order valence-electron chi connectivity index (χ2n) is 4.43. The van der Waals surface area contributed by atoms with Gasteiger partial charge in [0.25, 0.3) is 5.91 Å². The highest BCUT2D eigenvalue weighted by molar-refractivity contribution is 5.95. The number of ether oxygens (including phenoxy) is 1. The molecule has 2 rings (SSSR count). The van der Waals surface area contributed by atoms with Crippen LogP contribution in [0.25, 0.3) is 0 Å². The lowest BCUT2D eigenvalue weighted by molar-refractivity contribution is 0.0703. The standard InChI is InChI=1S/C13H17FN2O2.ClH/c1-9-8-16(7-6-15-9)13(17)10-4-3-5-11(18-2)12(10)14;/h3-5,9,15H,6-8H2,1-2H3;1H/t9-;/m1./s1. The normalized spacial score (nSPS) is 18.7. The van der Waals surface area contributed by atoms with E-state index in [1.54, 1.807) is 11.0 Å². The van der Waals surface area contributed by atoms with Gasteiger partial charge < -0.3 is 15.0 Å². The molecule has 0 bridgehead atoms. The minimum absolute atomic E-state index is 0. The Morgan fingerprint density at radius 2 is 2.26 bits per heavy atom. The third kappa shape index (κ3) is 3.36. The summed E-state index contributed by atoms with van der Waals surface area (Å²) < 4.78 is 18.9. The van der Waals surface area contributed by atoms with Crippen molar-refractivity contribution in [2.45, 2.75) is 13.0 Å². The Morgan fingerprint density at radius 3 is 2.89 bits per heavy atom. The van der Waals surface area contributed by atoms with Gasteiger partial charge in [-0.15, -0.1) is 12.4 Å². The molecule has 19 heavy (non-hydrogen) atoms. The molecule has 1 fully saturated rings. The minimum Gasteiger partial charge on any atom is -0.494 e. The molecule has 0 aromatic heterocycles. The number of nitrogens with one attached hydrogen (secondary N) is 1. The van der Waals surface area contributed by atoms with E-state index in [0.29, 0.717) is 13.1 Å². The molecular formula is C13H18ClFN2O2. The Bertz CT molecular complexity index is 456. The summed E-state index contributed by atoms with van der Waals surface area (Å²) in [5.41, 5.74) is 0.0726. The van der Waals surface area contributed by atoms with E-state index in [-0.39, 0.29) is 35.7 Å². The molecule has 106 valence electrons. The zero-order valence-electron chi connectivity index (χ0n) is 11.0. The summed E-state index contributed by atoms with van der Waals surface area (Å²) in [4.78, 5) is 13.9. The smallest absolute Gasteiger partial charge is 0.257 e. The lowest BCUT2D eigenvalue weighted by Crippen LogP contribution is -2.51. The fourth-order valence-electron chi connectivity index (χ4n) is 2.12. The number of piperazine rings is 1. The van der Waals surface area contributed by atoms with Crippen molar-refractivity contribution >= 4 is 18.3 Å². The number of rotatable bonds is 2. The van der Waals surface area contributed by atoms with Crippen LogP contribution < -0.4 is 10.1 Å². The van der Waals surface area contributed by atoms with E-state index < -0.39 is 5.82 Å². The maximum Gasteiger partial charge on any atom is 0.257 e. The molecule has 1 saturated heterocycles. The highest BCUT2D eigenvalue weighted by Gasteiger charge is 2.24. The zero-order valence-corrected chi connectivity index (χ0v) is 11.8. The Labute approximate surface area is 118 Å². The molecule has 1 aliphatic heterocycles. The summed E-state index contributed by atoms with van der Waals surface area (Å²) in [5, 5.41) is 3.24. The highest BCUT2D eigenvalue weighted by atomic mass is 35.5. The fourth-order valence-corrected chi connectivity index (χ4v) is 2.12. The number of hydrogen-bond acceptors (Lipinski definition) is 3. The lowest BCUT2D eigenvalue weighted by atomic mass is 10.1. The topological polar surface area (TPSA) is 41.6 Å². The van der Waals surface area contributed by atoms with Crippen LogP contribution in [0.15, 0.2) is 18.2 Å². The number of methoxy groups -OCH3 is 1. The van der Waals surface area contributed by atoms with Crippen LogP contribution in [0, 0.1) is 5.82 Å². The molecule has 0 spiro atoms. The number of amides is 1. The first-order valence-corrected chi connectivity index (χ1v) is 5.98. The second-order valence-corrected chi connectivity index (χ2v) is 4.43. The first-order chi connectivity index (χ1) is 8.63. The van der Waals surface area contributed by atoms with Crippen molar-refractivity contribution in [2.75, 3.05) is 26.7 Å². The van der Waals surface area contributed by atoms with Gasteiger partial charge in [0.15, 0.2) is 11.6 Å². The monoisotopic (exact) mass is 288 g/mol. The van der Waals surface area contributed by atoms with E-state index in [9.17, 15) is 9.18 Å². The molecule has 0 radical (unpaired) electrons. The van der Waals surface area contributed by atoms with Crippen LogP contribution in [0.4, 0.5) is 4.39 Å². The SMILES string of the molecule is COc1cccc(C(=O)N2CCN[C@H](C)C2)c1F.Cl. The first kappa shape index (κ1) is 15.7. The second kappa shape index (κ2) is 6.73. The third-order valence-corrected chi connectivity index (χ3v) is 3.07. The van der Waals surface area contributed by atoms with E-state index in [0.717, 1.165) is 6.54 Å². The molecule has 0 unspecified atom stereocenters. The van der Waals surface area contributed by atoms with Gasteiger partial charge in [-0.3, -0.25) is 4.79 Å². The molecule has 1 atom stereocenters. The van der Waals surface area contributed by atoms with Gasteiger partial charge in [0, 0.05) is 25.7 Å². The largest absolute Gasteiger partial charge is 0.494 e. The molecule has 1 aromatic carbocycles.